The zero-order valence-corrected chi connectivity index (χ0v) is 12.0. The predicted octanol–water partition coefficient (Wildman–Crippen LogP) is 0.606. The molecule has 0 aliphatic rings. The molecule has 7 heteroatoms. The van der Waals surface area contributed by atoms with Crippen LogP contribution in [0.25, 0.3) is 0 Å². The van der Waals surface area contributed by atoms with Crippen LogP contribution in [0.2, 0.25) is 0 Å². The Kier molecular flexibility index (Phi) is 6.17. The molecule has 0 spiro atoms. The molecule has 0 amide bonds. The zero-order valence-electron chi connectivity index (χ0n) is 11.1. The number of guanidine groups is 1. The lowest BCUT2D eigenvalue weighted by molar-refractivity contribution is 0.203. The van der Waals surface area contributed by atoms with Crippen LogP contribution in [0, 0.1) is 12.3 Å². The van der Waals surface area contributed by atoms with Gasteiger partial charge in [0.25, 0.3) is 0 Å². The first-order valence-electron chi connectivity index (χ1n) is 5.85. The van der Waals surface area contributed by atoms with Gasteiger partial charge in [-0.3, -0.25) is 15.3 Å². The van der Waals surface area contributed by atoms with E-state index in [4.69, 9.17) is 28.1 Å². The largest absolute Gasteiger partial charge is 0.383 e. The molecule has 104 valence electrons. The lowest BCUT2D eigenvalue weighted by atomic mass is 10.2. The third-order valence-corrected chi connectivity index (χ3v) is 2.91. The summed E-state index contributed by atoms with van der Waals surface area (Å²) in [5.41, 5.74) is 7.44. The fourth-order valence-electron chi connectivity index (χ4n) is 1.46. The molecule has 6 nitrogen and oxygen atoms in total. The van der Waals surface area contributed by atoms with E-state index in [1.54, 1.807) is 13.3 Å². The van der Waals surface area contributed by atoms with E-state index >= 15 is 0 Å². The number of aromatic nitrogens is 1. The monoisotopic (exact) mass is 281 g/mol. The Morgan fingerprint density at radius 3 is 2.95 bits per heavy atom. The number of ether oxygens (including phenoxy) is 1. The lowest BCUT2D eigenvalue weighted by Crippen LogP contribution is -2.47. The number of nitrogens with one attached hydrogen (secondary N) is 2. The van der Waals surface area contributed by atoms with Gasteiger partial charge in [0, 0.05) is 19.9 Å². The highest BCUT2D eigenvalue weighted by Gasteiger charge is 2.14. The Hall–Kier alpha value is -1.73. The number of aryl methyl sites for hydroxylation is 1. The number of hydrogen-bond acceptors (Lipinski definition) is 4. The summed E-state index contributed by atoms with van der Waals surface area (Å²) in [6.45, 7) is 3.44. The van der Waals surface area contributed by atoms with Crippen LogP contribution in [0.4, 0.5) is 0 Å². The molecule has 1 heterocycles. The summed E-state index contributed by atoms with van der Waals surface area (Å²) in [5.74, 6) is -0.111. The van der Waals surface area contributed by atoms with Crippen molar-refractivity contribution in [1.29, 1.82) is 5.41 Å². The van der Waals surface area contributed by atoms with Crippen LogP contribution in [0.15, 0.2) is 18.3 Å². The van der Waals surface area contributed by atoms with Crippen LogP contribution in [0.1, 0.15) is 11.3 Å². The second-order valence-electron chi connectivity index (χ2n) is 3.96. The van der Waals surface area contributed by atoms with Crippen molar-refractivity contribution in [2.75, 3.05) is 20.3 Å². The van der Waals surface area contributed by atoms with Crippen LogP contribution >= 0.6 is 12.2 Å². The number of nitrogens with two attached hydrogens (primary N) is 1. The fraction of sp³-hybridized carbons (Fsp3) is 0.417. The number of hydrogen-bond donors (Lipinski definition) is 3. The van der Waals surface area contributed by atoms with Gasteiger partial charge in [0.2, 0.25) is 0 Å². The van der Waals surface area contributed by atoms with Gasteiger partial charge < -0.3 is 15.8 Å². The Bertz CT molecular complexity index is 452. The molecular formula is C12H19N5OS. The molecule has 0 radical (unpaired) electrons. The van der Waals surface area contributed by atoms with E-state index in [0.29, 0.717) is 24.8 Å². The third-order valence-electron chi connectivity index (χ3n) is 2.54. The van der Waals surface area contributed by atoms with E-state index in [1.165, 1.54) is 4.90 Å². The smallest absolute Gasteiger partial charge is 0.195 e. The van der Waals surface area contributed by atoms with Crippen molar-refractivity contribution in [3.8, 4) is 0 Å². The highest BCUT2D eigenvalue weighted by atomic mass is 32.1. The first-order valence-corrected chi connectivity index (χ1v) is 6.26. The minimum atomic E-state index is -0.111. The first-order chi connectivity index (χ1) is 9.06. The van der Waals surface area contributed by atoms with E-state index in [1.807, 2.05) is 19.1 Å². The van der Waals surface area contributed by atoms with Crippen LogP contribution in [0.3, 0.4) is 0 Å². The van der Waals surface area contributed by atoms with Crippen LogP contribution in [0.5, 0.6) is 0 Å². The van der Waals surface area contributed by atoms with Crippen molar-refractivity contribution in [3.63, 3.8) is 0 Å². The number of nitrogens with zero attached hydrogens (tertiary/aromatic N) is 2. The molecule has 0 aliphatic carbocycles. The van der Waals surface area contributed by atoms with Gasteiger partial charge in [-0.15, -0.1) is 0 Å². The molecule has 0 aromatic carbocycles. The van der Waals surface area contributed by atoms with E-state index in [0.717, 1.165) is 11.3 Å². The molecule has 0 atom stereocenters. The molecule has 1 aromatic heterocycles. The standard InChI is InChI=1S/C12H19N5OS/c1-9-4-3-5-15-10(9)8-17(11(13)14)12(19)16-6-7-18-2/h3-5H,6-8H2,1-2H3,(H3,13,14)(H,16,19). The van der Waals surface area contributed by atoms with Crippen molar-refractivity contribution >= 4 is 23.3 Å². The summed E-state index contributed by atoms with van der Waals surface area (Å²) in [4.78, 5) is 5.77. The first kappa shape index (κ1) is 15.3. The molecular weight excluding hydrogens is 262 g/mol. The zero-order chi connectivity index (χ0) is 14.3. The maximum atomic E-state index is 7.60. The molecule has 1 rings (SSSR count). The number of pyridine rings is 1. The van der Waals surface area contributed by atoms with Crippen LogP contribution < -0.4 is 11.1 Å². The summed E-state index contributed by atoms with van der Waals surface area (Å²) in [7, 11) is 1.62. The van der Waals surface area contributed by atoms with Gasteiger partial charge in [-0.2, -0.15) is 0 Å². The van der Waals surface area contributed by atoms with E-state index < -0.39 is 0 Å². The quantitative estimate of drug-likeness (QED) is 0.317. The Morgan fingerprint density at radius 1 is 1.63 bits per heavy atom. The second kappa shape index (κ2) is 7.65. The van der Waals surface area contributed by atoms with Crippen molar-refractivity contribution in [1.82, 2.24) is 15.2 Å². The molecule has 0 aliphatic heterocycles. The minimum absolute atomic E-state index is 0.111. The Morgan fingerprint density at radius 2 is 2.37 bits per heavy atom. The van der Waals surface area contributed by atoms with Crippen molar-refractivity contribution in [2.24, 2.45) is 5.73 Å². The van der Waals surface area contributed by atoms with Gasteiger partial charge in [-0.1, -0.05) is 6.07 Å². The summed E-state index contributed by atoms with van der Waals surface area (Å²) in [6, 6.07) is 3.83. The summed E-state index contributed by atoms with van der Waals surface area (Å²) < 4.78 is 4.93. The van der Waals surface area contributed by atoms with Crippen molar-refractivity contribution in [2.45, 2.75) is 13.5 Å². The summed E-state index contributed by atoms with van der Waals surface area (Å²) in [5, 5.41) is 11.0. The highest BCUT2D eigenvalue weighted by Crippen LogP contribution is 2.07. The maximum absolute atomic E-state index is 7.60. The Balaban J connectivity index is 2.70. The minimum Gasteiger partial charge on any atom is -0.383 e. The predicted molar refractivity (Wildman–Crippen MR) is 78.9 cm³/mol. The van der Waals surface area contributed by atoms with Gasteiger partial charge in [0.1, 0.15) is 0 Å². The molecule has 0 unspecified atom stereocenters. The van der Waals surface area contributed by atoms with Crippen LogP contribution in [-0.2, 0) is 11.3 Å². The van der Waals surface area contributed by atoms with Crippen molar-refractivity contribution in [3.05, 3.63) is 29.6 Å². The molecule has 0 saturated heterocycles. The SMILES string of the molecule is COCCNC(=S)N(Cc1ncccc1C)C(=N)N. The summed E-state index contributed by atoms with van der Waals surface area (Å²) in [6.07, 6.45) is 1.71. The van der Waals surface area contributed by atoms with Crippen LogP contribution in [-0.4, -0.2) is 41.2 Å². The molecule has 0 saturated carbocycles. The topological polar surface area (TPSA) is 87.3 Å². The highest BCUT2D eigenvalue weighted by molar-refractivity contribution is 7.80. The lowest BCUT2D eigenvalue weighted by Gasteiger charge is -2.24. The second-order valence-corrected chi connectivity index (χ2v) is 4.35. The van der Waals surface area contributed by atoms with E-state index in [2.05, 4.69) is 10.3 Å². The normalized spacial score (nSPS) is 10.0. The number of methoxy groups -OCH3 is 1. The summed E-state index contributed by atoms with van der Waals surface area (Å²) >= 11 is 5.22. The van der Waals surface area contributed by atoms with Gasteiger partial charge in [0.15, 0.2) is 11.1 Å². The molecule has 1 aromatic rings. The Labute approximate surface area is 118 Å². The van der Waals surface area contributed by atoms with Gasteiger partial charge in [0.05, 0.1) is 18.8 Å². The third kappa shape index (κ3) is 4.80. The van der Waals surface area contributed by atoms with E-state index in [-0.39, 0.29) is 5.96 Å². The average molecular weight is 281 g/mol. The van der Waals surface area contributed by atoms with Crippen molar-refractivity contribution < 1.29 is 4.74 Å². The van der Waals surface area contributed by atoms with Gasteiger partial charge >= 0.3 is 0 Å². The maximum Gasteiger partial charge on any atom is 0.195 e. The number of thiocarbonyl (C=S) groups is 1. The molecule has 0 fully saturated rings. The van der Waals surface area contributed by atoms with Gasteiger partial charge in [-0.25, -0.2) is 0 Å². The fourth-order valence-corrected chi connectivity index (χ4v) is 1.72. The molecule has 19 heavy (non-hydrogen) atoms. The number of rotatable bonds is 5. The molecule has 0 bridgehead atoms. The average Bonchev–Trinajstić information content (AvgIpc) is 2.37. The molecule has 4 N–H and O–H groups in total. The van der Waals surface area contributed by atoms with Gasteiger partial charge in [-0.05, 0) is 30.8 Å². The van der Waals surface area contributed by atoms with E-state index in [9.17, 15) is 0 Å².